The molecule has 1 aliphatic rings. The first-order valence-electron chi connectivity index (χ1n) is 12.5. The SMILES string of the molecule is Oc1ccc(C2(c3ccc(O)cc3)c3ccccc3-c3ccc(-c4cccc5ccccc45)cc32)cc1. The van der Waals surface area contributed by atoms with Crippen LogP contribution in [0.2, 0.25) is 0 Å². The highest BCUT2D eigenvalue weighted by molar-refractivity contribution is 5.98. The lowest BCUT2D eigenvalue weighted by atomic mass is 9.67. The zero-order chi connectivity index (χ0) is 25.0. The highest BCUT2D eigenvalue weighted by Gasteiger charge is 2.46. The van der Waals surface area contributed by atoms with Crippen LogP contribution in [0.25, 0.3) is 33.0 Å². The Kier molecular flexibility index (Phi) is 4.70. The van der Waals surface area contributed by atoms with E-state index in [0.29, 0.717) is 0 Å². The third-order valence-electron chi connectivity index (χ3n) is 7.75. The highest BCUT2D eigenvalue weighted by atomic mass is 16.3. The third kappa shape index (κ3) is 3.12. The molecule has 0 spiro atoms. The van der Waals surface area contributed by atoms with Crippen molar-refractivity contribution in [3.63, 3.8) is 0 Å². The zero-order valence-electron chi connectivity index (χ0n) is 20.1. The molecule has 0 fully saturated rings. The lowest BCUT2D eigenvalue weighted by Crippen LogP contribution is -2.28. The van der Waals surface area contributed by atoms with Crippen LogP contribution >= 0.6 is 0 Å². The Balaban J connectivity index is 1.59. The fourth-order valence-corrected chi connectivity index (χ4v) is 6.14. The number of phenols is 2. The van der Waals surface area contributed by atoms with Gasteiger partial charge in [-0.15, -0.1) is 0 Å². The molecule has 0 aliphatic heterocycles. The standard InChI is InChI=1S/C35H24O2/c36-27-17-13-25(14-18-27)35(26-15-19-28(37)20-16-26)33-11-4-3-9-31(33)32-21-12-24(22-34(32)35)30-10-5-7-23-6-1-2-8-29(23)30/h1-22,36-37H. The second kappa shape index (κ2) is 8.11. The van der Waals surface area contributed by atoms with Crippen LogP contribution < -0.4 is 0 Å². The van der Waals surface area contributed by atoms with E-state index in [2.05, 4.69) is 84.9 Å². The number of benzene rings is 6. The molecule has 0 atom stereocenters. The molecule has 0 unspecified atom stereocenters. The summed E-state index contributed by atoms with van der Waals surface area (Å²) in [6.07, 6.45) is 0. The van der Waals surface area contributed by atoms with Crippen LogP contribution in [-0.2, 0) is 5.41 Å². The first-order chi connectivity index (χ1) is 18.2. The number of hydrogen-bond acceptors (Lipinski definition) is 2. The second-order valence-electron chi connectivity index (χ2n) is 9.68. The Morgan fingerprint density at radius 1 is 0.432 bits per heavy atom. The first-order valence-corrected chi connectivity index (χ1v) is 12.5. The van der Waals surface area contributed by atoms with Crippen LogP contribution in [0, 0.1) is 0 Å². The molecular weight excluding hydrogens is 452 g/mol. The predicted octanol–water partition coefficient (Wildman–Crippen LogP) is 8.28. The van der Waals surface area contributed by atoms with Crippen LogP contribution in [-0.4, -0.2) is 10.2 Å². The summed E-state index contributed by atoms with van der Waals surface area (Å²) < 4.78 is 0. The summed E-state index contributed by atoms with van der Waals surface area (Å²) in [6.45, 7) is 0. The average Bonchev–Trinajstić information content (AvgIpc) is 3.24. The first kappa shape index (κ1) is 21.5. The molecule has 176 valence electrons. The number of fused-ring (bicyclic) bond motifs is 4. The molecule has 0 radical (unpaired) electrons. The molecule has 2 heteroatoms. The lowest BCUT2D eigenvalue weighted by Gasteiger charge is -2.34. The summed E-state index contributed by atoms with van der Waals surface area (Å²) in [5, 5.41) is 22.7. The number of aromatic hydroxyl groups is 2. The minimum atomic E-state index is -0.603. The van der Waals surface area contributed by atoms with Gasteiger partial charge in [0.05, 0.1) is 5.41 Å². The molecule has 37 heavy (non-hydrogen) atoms. The molecule has 0 saturated heterocycles. The molecule has 6 aromatic carbocycles. The van der Waals surface area contributed by atoms with Crippen molar-refractivity contribution >= 4 is 10.8 Å². The number of rotatable bonds is 3. The van der Waals surface area contributed by atoms with Gasteiger partial charge in [-0.25, -0.2) is 0 Å². The van der Waals surface area contributed by atoms with Crippen LogP contribution in [0.1, 0.15) is 22.3 Å². The van der Waals surface area contributed by atoms with Crippen LogP contribution in [0.15, 0.2) is 133 Å². The van der Waals surface area contributed by atoms with Crippen molar-refractivity contribution in [2.45, 2.75) is 5.41 Å². The van der Waals surface area contributed by atoms with E-state index >= 15 is 0 Å². The summed E-state index contributed by atoms with van der Waals surface area (Å²) in [4.78, 5) is 0. The largest absolute Gasteiger partial charge is 0.508 e. The molecule has 2 nitrogen and oxygen atoms in total. The zero-order valence-corrected chi connectivity index (χ0v) is 20.1. The van der Waals surface area contributed by atoms with Gasteiger partial charge in [-0.1, -0.05) is 103 Å². The fourth-order valence-electron chi connectivity index (χ4n) is 6.14. The average molecular weight is 477 g/mol. The van der Waals surface area contributed by atoms with Crippen molar-refractivity contribution in [2.75, 3.05) is 0 Å². The van der Waals surface area contributed by atoms with Gasteiger partial charge < -0.3 is 10.2 Å². The van der Waals surface area contributed by atoms with Gasteiger partial charge in [0.1, 0.15) is 11.5 Å². The molecule has 7 rings (SSSR count). The van der Waals surface area contributed by atoms with Gasteiger partial charge in [-0.2, -0.15) is 0 Å². The number of hydrogen-bond donors (Lipinski definition) is 2. The van der Waals surface area contributed by atoms with E-state index in [0.717, 1.165) is 16.7 Å². The van der Waals surface area contributed by atoms with Crippen molar-refractivity contribution in [2.24, 2.45) is 0 Å². The molecule has 6 aromatic rings. The quantitative estimate of drug-likeness (QED) is 0.269. The van der Waals surface area contributed by atoms with Gasteiger partial charge in [-0.05, 0) is 85.6 Å². The molecule has 1 aliphatic carbocycles. The van der Waals surface area contributed by atoms with Gasteiger partial charge in [0.15, 0.2) is 0 Å². The minimum Gasteiger partial charge on any atom is -0.508 e. The van der Waals surface area contributed by atoms with Crippen molar-refractivity contribution in [3.05, 3.63) is 156 Å². The Hall–Kier alpha value is -4.82. The smallest absolute Gasteiger partial charge is 0.115 e. The normalized spacial score (nSPS) is 13.3. The van der Waals surface area contributed by atoms with Gasteiger partial charge in [-0.3, -0.25) is 0 Å². The van der Waals surface area contributed by atoms with Gasteiger partial charge >= 0.3 is 0 Å². The fraction of sp³-hybridized carbons (Fsp3) is 0.0286. The van der Waals surface area contributed by atoms with E-state index in [1.165, 1.54) is 38.6 Å². The Labute approximate surface area is 215 Å². The van der Waals surface area contributed by atoms with Crippen LogP contribution in [0.5, 0.6) is 11.5 Å². The van der Waals surface area contributed by atoms with E-state index < -0.39 is 5.41 Å². The Morgan fingerprint density at radius 3 is 1.73 bits per heavy atom. The lowest BCUT2D eigenvalue weighted by molar-refractivity contribution is 0.475. The maximum absolute atomic E-state index is 10.1. The molecule has 0 heterocycles. The van der Waals surface area contributed by atoms with Gasteiger partial charge in [0.2, 0.25) is 0 Å². The molecular formula is C35H24O2. The topological polar surface area (TPSA) is 40.5 Å². The predicted molar refractivity (Wildman–Crippen MR) is 150 cm³/mol. The molecule has 0 amide bonds. The molecule has 2 N–H and O–H groups in total. The summed E-state index contributed by atoms with van der Waals surface area (Å²) in [6, 6.07) is 45.4. The Morgan fingerprint density at radius 2 is 1.00 bits per heavy atom. The minimum absolute atomic E-state index is 0.237. The Bertz CT molecular complexity index is 1730. The monoisotopic (exact) mass is 476 g/mol. The second-order valence-corrected chi connectivity index (χ2v) is 9.68. The summed E-state index contributed by atoms with van der Waals surface area (Å²) in [5.41, 5.74) is 8.66. The molecule has 0 aromatic heterocycles. The van der Waals surface area contributed by atoms with E-state index in [1.807, 2.05) is 24.3 Å². The maximum Gasteiger partial charge on any atom is 0.115 e. The van der Waals surface area contributed by atoms with E-state index in [9.17, 15) is 10.2 Å². The third-order valence-corrected chi connectivity index (χ3v) is 7.75. The summed E-state index contributed by atoms with van der Waals surface area (Å²) in [7, 11) is 0. The van der Waals surface area contributed by atoms with E-state index in [4.69, 9.17) is 0 Å². The number of phenolic OH excluding ortho intramolecular Hbond substituents is 2. The molecule has 0 bridgehead atoms. The van der Waals surface area contributed by atoms with Crippen molar-refractivity contribution < 1.29 is 10.2 Å². The maximum atomic E-state index is 10.1. The van der Waals surface area contributed by atoms with Crippen molar-refractivity contribution in [1.29, 1.82) is 0 Å². The van der Waals surface area contributed by atoms with Crippen LogP contribution in [0.4, 0.5) is 0 Å². The summed E-state index contributed by atoms with van der Waals surface area (Å²) in [5.74, 6) is 0.473. The van der Waals surface area contributed by atoms with Crippen LogP contribution in [0.3, 0.4) is 0 Å². The van der Waals surface area contributed by atoms with E-state index in [-0.39, 0.29) is 11.5 Å². The van der Waals surface area contributed by atoms with Gasteiger partial charge in [0.25, 0.3) is 0 Å². The molecule has 0 saturated carbocycles. The summed E-state index contributed by atoms with van der Waals surface area (Å²) >= 11 is 0. The van der Waals surface area contributed by atoms with Crippen molar-refractivity contribution in [3.8, 4) is 33.8 Å². The van der Waals surface area contributed by atoms with E-state index in [1.54, 1.807) is 24.3 Å². The van der Waals surface area contributed by atoms with Crippen molar-refractivity contribution in [1.82, 2.24) is 0 Å². The highest BCUT2D eigenvalue weighted by Crippen LogP contribution is 2.57. The van der Waals surface area contributed by atoms with Gasteiger partial charge in [0, 0.05) is 0 Å².